The Labute approximate surface area is 117 Å². The fourth-order valence-electron chi connectivity index (χ4n) is 2.87. The maximum absolute atomic E-state index is 12.2. The summed E-state index contributed by atoms with van der Waals surface area (Å²) in [5, 5.41) is 0.877. The highest BCUT2D eigenvalue weighted by Gasteiger charge is 2.24. The number of carbonyl (C=O) groups excluding carboxylic acids is 1. The van der Waals surface area contributed by atoms with Crippen LogP contribution in [0.3, 0.4) is 0 Å². The number of benzene rings is 1. The summed E-state index contributed by atoms with van der Waals surface area (Å²) >= 11 is 0. The largest absolute Gasteiger partial charge is 0.302 e. The van der Waals surface area contributed by atoms with E-state index in [1.54, 1.807) is 0 Å². The molecule has 0 fully saturated rings. The fourth-order valence-corrected chi connectivity index (χ4v) is 2.87. The Morgan fingerprint density at radius 2 is 2.25 bits per heavy atom. The number of amides is 1. The average Bonchev–Trinajstić information content (AvgIpc) is 2.45. The Kier molecular flexibility index (Phi) is 3.16. The monoisotopic (exact) mass is 270 g/mol. The molecule has 1 aliphatic rings. The van der Waals surface area contributed by atoms with Crippen molar-refractivity contribution >= 4 is 16.8 Å². The van der Waals surface area contributed by atoms with Crippen LogP contribution in [0, 0.1) is 6.92 Å². The zero-order valence-electron chi connectivity index (χ0n) is 11.7. The molecule has 0 aliphatic carbocycles. The van der Waals surface area contributed by atoms with Gasteiger partial charge >= 0.3 is 0 Å². The zero-order valence-corrected chi connectivity index (χ0v) is 11.7. The van der Waals surface area contributed by atoms with Crippen LogP contribution >= 0.6 is 0 Å². The van der Waals surface area contributed by atoms with E-state index in [0.717, 1.165) is 47.2 Å². The van der Waals surface area contributed by atoms with Gasteiger partial charge in [-0.3, -0.25) is 15.2 Å². The number of aromatic nitrogens is 1. The number of rotatable bonds is 1. The Morgan fingerprint density at radius 3 is 3.00 bits per heavy atom. The van der Waals surface area contributed by atoms with E-state index in [1.807, 2.05) is 32.2 Å². The molecule has 1 aromatic heterocycles. The number of nitrogen functional groups attached to an aromatic ring is 1. The Hall–Kier alpha value is -1.98. The van der Waals surface area contributed by atoms with Gasteiger partial charge in [-0.15, -0.1) is 0 Å². The van der Waals surface area contributed by atoms with E-state index in [9.17, 15) is 4.79 Å². The molecule has 0 saturated heterocycles. The first-order chi connectivity index (χ1) is 9.61. The van der Waals surface area contributed by atoms with Crippen LogP contribution in [0.25, 0.3) is 10.9 Å². The molecule has 3 N–H and O–H groups in total. The van der Waals surface area contributed by atoms with Gasteiger partial charge in [-0.05, 0) is 19.5 Å². The Balaban J connectivity index is 2.37. The first kappa shape index (κ1) is 13.0. The lowest BCUT2D eigenvalue weighted by molar-refractivity contribution is 0.0953. The maximum Gasteiger partial charge on any atom is 0.266 e. The van der Waals surface area contributed by atoms with Crippen molar-refractivity contribution in [1.29, 1.82) is 0 Å². The minimum Gasteiger partial charge on any atom is -0.302 e. The van der Waals surface area contributed by atoms with E-state index in [0.29, 0.717) is 5.56 Å². The third-order valence-corrected chi connectivity index (χ3v) is 3.92. The van der Waals surface area contributed by atoms with Crippen molar-refractivity contribution in [2.75, 3.05) is 13.6 Å². The van der Waals surface area contributed by atoms with Gasteiger partial charge in [0, 0.05) is 36.2 Å². The van der Waals surface area contributed by atoms with Gasteiger partial charge in [-0.1, -0.05) is 18.2 Å². The van der Waals surface area contributed by atoms with Gasteiger partial charge in [0.15, 0.2) is 0 Å². The summed E-state index contributed by atoms with van der Waals surface area (Å²) in [6.07, 6.45) is 0.862. The average molecular weight is 270 g/mol. The van der Waals surface area contributed by atoms with Crippen LogP contribution in [-0.2, 0) is 13.0 Å². The number of fused-ring (bicyclic) bond motifs is 2. The van der Waals surface area contributed by atoms with Gasteiger partial charge < -0.3 is 4.90 Å². The highest BCUT2D eigenvalue weighted by atomic mass is 16.2. The summed E-state index contributed by atoms with van der Waals surface area (Å²) < 4.78 is 0. The molecule has 5 nitrogen and oxygen atoms in total. The van der Waals surface area contributed by atoms with E-state index >= 15 is 0 Å². The van der Waals surface area contributed by atoms with E-state index < -0.39 is 0 Å². The molecule has 20 heavy (non-hydrogen) atoms. The molecule has 3 rings (SSSR count). The van der Waals surface area contributed by atoms with Crippen LogP contribution in [0.5, 0.6) is 0 Å². The third-order valence-electron chi connectivity index (χ3n) is 3.92. The van der Waals surface area contributed by atoms with Gasteiger partial charge in [0.25, 0.3) is 5.91 Å². The maximum atomic E-state index is 12.2. The quantitative estimate of drug-likeness (QED) is 0.463. The van der Waals surface area contributed by atoms with Gasteiger partial charge in [0.05, 0.1) is 11.1 Å². The number of hydrazine groups is 1. The number of aryl methyl sites for hydroxylation is 1. The fraction of sp³-hybridized carbons (Fsp3) is 0.333. The SMILES string of the molecule is Cc1cccc2c(C(=O)NN)c3c(nc12)CCN(C)C3. The minimum absolute atomic E-state index is 0.241. The highest BCUT2D eigenvalue weighted by molar-refractivity contribution is 6.08. The van der Waals surface area contributed by atoms with Gasteiger partial charge in [0.1, 0.15) is 0 Å². The van der Waals surface area contributed by atoms with Crippen molar-refractivity contribution < 1.29 is 4.79 Å². The topological polar surface area (TPSA) is 71.2 Å². The Bertz CT molecular complexity index is 696. The molecule has 1 amide bonds. The number of para-hydroxylation sites is 1. The van der Waals surface area contributed by atoms with Crippen LogP contribution in [0.1, 0.15) is 27.2 Å². The van der Waals surface area contributed by atoms with Crippen LogP contribution in [0.2, 0.25) is 0 Å². The summed E-state index contributed by atoms with van der Waals surface area (Å²) in [5.41, 5.74) is 6.94. The molecular formula is C15H18N4O. The van der Waals surface area contributed by atoms with Crippen molar-refractivity contribution in [2.24, 2.45) is 5.84 Å². The Morgan fingerprint density at radius 1 is 1.45 bits per heavy atom. The molecule has 1 aromatic carbocycles. The summed E-state index contributed by atoms with van der Waals surface area (Å²) in [7, 11) is 2.05. The van der Waals surface area contributed by atoms with Crippen molar-refractivity contribution in [3.8, 4) is 0 Å². The molecule has 0 saturated carbocycles. The zero-order chi connectivity index (χ0) is 14.3. The van der Waals surface area contributed by atoms with E-state index in [-0.39, 0.29) is 5.91 Å². The number of pyridine rings is 1. The molecule has 1 aliphatic heterocycles. The molecule has 0 spiro atoms. The molecule has 2 aromatic rings. The molecule has 0 radical (unpaired) electrons. The van der Waals surface area contributed by atoms with Gasteiger partial charge in [-0.25, -0.2) is 5.84 Å². The number of nitrogens with two attached hydrogens (primary N) is 1. The lowest BCUT2D eigenvalue weighted by atomic mass is 9.94. The number of likely N-dealkylation sites (N-methyl/N-ethyl adjacent to an activating group) is 1. The molecule has 2 heterocycles. The van der Waals surface area contributed by atoms with E-state index in [1.165, 1.54) is 0 Å². The number of hydrogen-bond donors (Lipinski definition) is 2. The summed E-state index contributed by atoms with van der Waals surface area (Å²) in [6, 6.07) is 5.90. The van der Waals surface area contributed by atoms with Crippen LogP contribution < -0.4 is 11.3 Å². The molecule has 0 atom stereocenters. The number of carbonyl (C=O) groups is 1. The predicted molar refractivity (Wildman–Crippen MR) is 78.2 cm³/mol. The first-order valence-electron chi connectivity index (χ1n) is 6.72. The van der Waals surface area contributed by atoms with Crippen LogP contribution in [0.15, 0.2) is 18.2 Å². The second-order valence-corrected chi connectivity index (χ2v) is 5.34. The van der Waals surface area contributed by atoms with Gasteiger partial charge in [-0.2, -0.15) is 0 Å². The standard InChI is InChI=1S/C15H18N4O/c1-9-4-3-5-10-13(15(20)18-16)11-8-19(2)7-6-12(11)17-14(9)10/h3-5H,6-8,16H2,1-2H3,(H,18,20). The van der Waals surface area contributed by atoms with Crippen LogP contribution in [-0.4, -0.2) is 29.4 Å². The molecule has 104 valence electrons. The van der Waals surface area contributed by atoms with E-state index in [2.05, 4.69) is 10.3 Å². The first-order valence-corrected chi connectivity index (χ1v) is 6.72. The molecule has 5 heteroatoms. The van der Waals surface area contributed by atoms with Crippen molar-refractivity contribution in [3.05, 3.63) is 40.6 Å². The number of nitrogens with one attached hydrogen (secondary N) is 1. The summed E-state index contributed by atoms with van der Waals surface area (Å²) in [4.78, 5) is 19.2. The summed E-state index contributed by atoms with van der Waals surface area (Å²) in [6.45, 7) is 3.71. The normalized spacial score (nSPS) is 15.2. The van der Waals surface area contributed by atoms with Crippen molar-refractivity contribution in [3.63, 3.8) is 0 Å². The predicted octanol–water partition coefficient (Wildman–Crippen LogP) is 1.13. The minimum atomic E-state index is -0.241. The van der Waals surface area contributed by atoms with Gasteiger partial charge in [0.2, 0.25) is 0 Å². The lowest BCUT2D eigenvalue weighted by Crippen LogP contribution is -2.34. The van der Waals surface area contributed by atoms with E-state index in [4.69, 9.17) is 10.8 Å². The summed E-state index contributed by atoms with van der Waals surface area (Å²) in [5.74, 6) is 5.13. The molecule has 0 bridgehead atoms. The smallest absolute Gasteiger partial charge is 0.266 e. The highest BCUT2D eigenvalue weighted by Crippen LogP contribution is 2.29. The van der Waals surface area contributed by atoms with Crippen molar-refractivity contribution in [1.82, 2.24) is 15.3 Å². The second-order valence-electron chi connectivity index (χ2n) is 5.34. The van der Waals surface area contributed by atoms with Crippen molar-refractivity contribution in [2.45, 2.75) is 19.9 Å². The molecule has 0 unspecified atom stereocenters. The third kappa shape index (κ3) is 1.95. The van der Waals surface area contributed by atoms with Crippen LogP contribution in [0.4, 0.5) is 0 Å². The number of hydrogen-bond acceptors (Lipinski definition) is 4. The number of nitrogens with zero attached hydrogens (tertiary/aromatic N) is 2. The molecular weight excluding hydrogens is 252 g/mol. The second kappa shape index (κ2) is 4.85. The lowest BCUT2D eigenvalue weighted by Gasteiger charge is -2.27.